The molecule has 0 aliphatic carbocycles. The largest absolute Gasteiger partial charge is 0.481 e. The monoisotopic (exact) mass is 284 g/mol. The van der Waals surface area contributed by atoms with Crippen LogP contribution in [0.2, 0.25) is 0 Å². The zero-order valence-electron chi connectivity index (χ0n) is 11.2. The van der Waals surface area contributed by atoms with Gasteiger partial charge in [0, 0.05) is 19.0 Å². The van der Waals surface area contributed by atoms with Crippen molar-refractivity contribution in [3.05, 3.63) is 21.9 Å². The number of carbonyl (C=O) groups excluding carboxylic acids is 1. The summed E-state index contributed by atoms with van der Waals surface area (Å²) in [7, 11) is 0. The molecule has 1 unspecified atom stereocenters. The molecule has 0 spiro atoms. The molecule has 0 aromatic carbocycles. The Balaban J connectivity index is 2.20. The van der Waals surface area contributed by atoms with Crippen molar-refractivity contribution >= 4 is 23.3 Å². The van der Waals surface area contributed by atoms with E-state index in [1.165, 1.54) is 5.56 Å². The summed E-state index contributed by atoms with van der Waals surface area (Å²) in [5.41, 5.74) is 2.30. The molecule has 19 heavy (non-hydrogen) atoms. The molecular weight excluding hydrogens is 264 g/mol. The fourth-order valence-corrected chi connectivity index (χ4v) is 2.51. The summed E-state index contributed by atoms with van der Waals surface area (Å²) in [5.74, 6) is -0.801. The maximum atomic E-state index is 11.6. The number of hydrogen-bond donors (Lipinski definition) is 3. The maximum absolute atomic E-state index is 11.6. The molecule has 0 aliphatic rings. The first-order chi connectivity index (χ1) is 8.99. The molecule has 1 rings (SSSR count). The number of rotatable bonds is 7. The number of urea groups is 1. The molecule has 1 atom stereocenters. The highest BCUT2D eigenvalue weighted by Gasteiger charge is 2.08. The molecular formula is C13H20N2O3S. The van der Waals surface area contributed by atoms with Crippen LogP contribution in [-0.4, -0.2) is 23.1 Å². The molecule has 1 aromatic heterocycles. The lowest BCUT2D eigenvalue weighted by Crippen LogP contribution is -2.40. The first kappa shape index (κ1) is 15.5. The molecule has 0 saturated carbocycles. The third kappa shape index (κ3) is 6.24. The topological polar surface area (TPSA) is 78.4 Å². The smallest absolute Gasteiger partial charge is 0.315 e. The van der Waals surface area contributed by atoms with Gasteiger partial charge in [-0.3, -0.25) is 4.79 Å². The summed E-state index contributed by atoms with van der Waals surface area (Å²) in [5, 5.41) is 18.2. The van der Waals surface area contributed by atoms with E-state index in [9.17, 15) is 9.59 Å². The Kier molecular flexibility index (Phi) is 6.35. The van der Waals surface area contributed by atoms with Gasteiger partial charge in [-0.25, -0.2) is 4.79 Å². The fraction of sp³-hybridized carbons (Fsp3) is 0.538. The molecule has 0 aliphatic heterocycles. The molecule has 3 N–H and O–H groups in total. The van der Waals surface area contributed by atoms with Gasteiger partial charge in [0.15, 0.2) is 0 Å². The van der Waals surface area contributed by atoms with Crippen LogP contribution in [-0.2, 0) is 11.3 Å². The Labute approximate surface area is 117 Å². The van der Waals surface area contributed by atoms with Gasteiger partial charge in [0.2, 0.25) is 0 Å². The van der Waals surface area contributed by atoms with Crippen molar-refractivity contribution in [2.75, 3.05) is 0 Å². The van der Waals surface area contributed by atoms with Crippen LogP contribution in [0.25, 0.3) is 0 Å². The van der Waals surface area contributed by atoms with Gasteiger partial charge in [-0.05, 0) is 48.6 Å². The lowest BCUT2D eigenvalue weighted by molar-refractivity contribution is -0.137. The minimum atomic E-state index is -0.801. The highest BCUT2D eigenvalue weighted by Crippen LogP contribution is 2.12. The molecule has 0 fully saturated rings. The molecule has 1 heterocycles. The molecule has 106 valence electrons. The summed E-state index contributed by atoms with van der Waals surface area (Å²) in [6.45, 7) is 4.40. The Hall–Kier alpha value is -1.56. The SMILES string of the molecule is Cc1cscc1CNC(=O)NC(C)CCCC(=O)O. The average molecular weight is 284 g/mol. The van der Waals surface area contributed by atoms with Crippen molar-refractivity contribution in [3.63, 3.8) is 0 Å². The Morgan fingerprint density at radius 1 is 1.42 bits per heavy atom. The minimum absolute atomic E-state index is 0.0251. The van der Waals surface area contributed by atoms with Crippen LogP contribution in [0.3, 0.4) is 0 Å². The number of nitrogens with one attached hydrogen (secondary N) is 2. The van der Waals surface area contributed by atoms with E-state index in [0.29, 0.717) is 19.4 Å². The highest BCUT2D eigenvalue weighted by molar-refractivity contribution is 7.08. The number of thiophene rings is 1. The van der Waals surface area contributed by atoms with Crippen LogP contribution in [0, 0.1) is 6.92 Å². The van der Waals surface area contributed by atoms with E-state index >= 15 is 0 Å². The quantitative estimate of drug-likeness (QED) is 0.720. The minimum Gasteiger partial charge on any atom is -0.481 e. The molecule has 0 saturated heterocycles. The molecule has 0 bridgehead atoms. The number of carbonyl (C=O) groups is 2. The predicted octanol–water partition coefficient (Wildman–Crippen LogP) is 2.50. The van der Waals surface area contributed by atoms with Gasteiger partial charge in [-0.2, -0.15) is 11.3 Å². The number of hydrogen-bond acceptors (Lipinski definition) is 3. The Bertz CT molecular complexity index is 431. The molecule has 6 heteroatoms. The van der Waals surface area contributed by atoms with Gasteiger partial charge in [-0.15, -0.1) is 0 Å². The van der Waals surface area contributed by atoms with Crippen LogP contribution in [0.15, 0.2) is 10.8 Å². The Morgan fingerprint density at radius 3 is 2.74 bits per heavy atom. The van der Waals surface area contributed by atoms with Crippen molar-refractivity contribution in [2.24, 2.45) is 0 Å². The van der Waals surface area contributed by atoms with Gasteiger partial charge >= 0.3 is 12.0 Å². The second kappa shape index (κ2) is 7.78. The van der Waals surface area contributed by atoms with E-state index in [4.69, 9.17) is 5.11 Å². The van der Waals surface area contributed by atoms with Crippen molar-refractivity contribution in [3.8, 4) is 0 Å². The van der Waals surface area contributed by atoms with Crippen molar-refractivity contribution < 1.29 is 14.7 Å². The van der Waals surface area contributed by atoms with E-state index < -0.39 is 5.97 Å². The zero-order chi connectivity index (χ0) is 14.3. The van der Waals surface area contributed by atoms with Gasteiger partial charge < -0.3 is 15.7 Å². The van der Waals surface area contributed by atoms with Crippen LogP contribution < -0.4 is 10.6 Å². The van der Waals surface area contributed by atoms with Gasteiger partial charge in [0.05, 0.1) is 0 Å². The summed E-state index contributed by atoms with van der Waals surface area (Å²) >= 11 is 1.62. The van der Waals surface area contributed by atoms with E-state index in [-0.39, 0.29) is 18.5 Å². The fourth-order valence-electron chi connectivity index (χ4n) is 1.65. The zero-order valence-corrected chi connectivity index (χ0v) is 12.0. The number of carboxylic acids is 1. The normalized spacial score (nSPS) is 11.9. The molecule has 1 aromatic rings. The second-order valence-electron chi connectivity index (χ2n) is 4.59. The number of aryl methyl sites for hydroxylation is 1. The first-order valence-corrected chi connectivity index (χ1v) is 7.21. The summed E-state index contributed by atoms with van der Waals surface area (Å²) in [4.78, 5) is 22.0. The van der Waals surface area contributed by atoms with Crippen LogP contribution in [0.5, 0.6) is 0 Å². The molecule has 2 amide bonds. The van der Waals surface area contributed by atoms with Crippen LogP contribution in [0.1, 0.15) is 37.3 Å². The lowest BCUT2D eigenvalue weighted by atomic mass is 10.1. The average Bonchev–Trinajstić information content (AvgIpc) is 2.71. The Morgan fingerprint density at radius 2 is 2.16 bits per heavy atom. The number of carboxylic acid groups (broad SMARTS) is 1. The van der Waals surface area contributed by atoms with Crippen LogP contribution >= 0.6 is 11.3 Å². The maximum Gasteiger partial charge on any atom is 0.315 e. The van der Waals surface area contributed by atoms with Crippen molar-refractivity contribution in [1.29, 1.82) is 0 Å². The highest BCUT2D eigenvalue weighted by atomic mass is 32.1. The third-order valence-electron chi connectivity index (χ3n) is 2.81. The van der Waals surface area contributed by atoms with Crippen LogP contribution in [0.4, 0.5) is 4.79 Å². The number of amides is 2. The lowest BCUT2D eigenvalue weighted by Gasteiger charge is -2.14. The summed E-state index contributed by atoms with van der Waals surface area (Å²) in [6, 6.07) is -0.239. The van der Waals surface area contributed by atoms with Crippen molar-refractivity contribution in [1.82, 2.24) is 10.6 Å². The van der Waals surface area contributed by atoms with E-state index in [1.807, 2.05) is 24.6 Å². The third-order valence-corrected chi connectivity index (χ3v) is 3.72. The molecule has 5 nitrogen and oxygen atoms in total. The van der Waals surface area contributed by atoms with E-state index in [1.54, 1.807) is 11.3 Å². The van der Waals surface area contributed by atoms with E-state index in [0.717, 1.165) is 5.56 Å². The van der Waals surface area contributed by atoms with Gasteiger partial charge in [0.25, 0.3) is 0 Å². The standard InChI is InChI=1S/C13H20N2O3S/c1-9-7-19-8-11(9)6-14-13(18)15-10(2)4-3-5-12(16)17/h7-8,10H,3-6H2,1-2H3,(H,16,17)(H2,14,15,18). The van der Waals surface area contributed by atoms with E-state index in [2.05, 4.69) is 10.6 Å². The second-order valence-corrected chi connectivity index (χ2v) is 5.34. The number of aliphatic carboxylic acids is 1. The van der Waals surface area contributed by atoms with Gasteiger partial charge in [0.1, 0.15) is 0 Å². The van der Waals surface area contributed by atoms with Crippen molar-refractivity contribution in [2.45, 2.75) is 45.7 Å². The predicted molar refractivity (Wildman–Crippen MR) is 75.4 cm³/mol. The summed E-state index contributed by atoms with van der Waals surface area (Å²) in [6.07, 6.45) is 1.37. The van der Waals surface area contributed by atoms with Gasteiger partial charge in [-0.1, -0.05) is 0 Å². The first-order valence-electron chi connectivity index (χ1n) is 6.27. The molecule has 0 radical (unpaired) electrons. The summed E-state index contributed by atoms with van der Waals surface area (Å²) < 4.78 is 0.